The van der Waals surface area contributed by atoms with E-state index >= 15 is 0 Å². The molecule has 0 saturated carbocycles. The molecule has 19 heavy (non-hydrogen) atoms. The number of hydrogen-bond donors (Lipinski definition) is 0. The van der Waals surface area contributed by atoms with Gasteiger partial charge in [0.1, 0.15) is 5.75 Å². The van der Waals surface area contributed by atoms with Crippen LogP contribution in [0.2, 0.25) is 0 Å². The molecule has 0 saturated heterocycles. The van der Waals surface area contributed by atoms with Gasteiger partial charge < -0.3 is 4.74 Å². The number of benzene rings is 2. The predicted molar refractivity (Wildman–Crippen MR) is 78.3 cm³/mol. The van der Waals surface area contributed by atoms with Crippen molar-refractivity contribution in [2.24, 2.45) is 0 Å². The van der Waals surface area contributed by atoms with Gasteiger partial charge in [-0.2, -0.15) is 0 Å². The van der Waals surface area contributed by atoms with E-state index in [1.54, 1.807) is 25.8 Å². The van der Waals surface area contributed by atoms with E-state index in [1.807, 2.05) is 30.3 Å². The van der Waals surface area contributed by atoms with Crippen LogP contribution in [0, 0.1) is 6.92 Å². The lowest BCUT2D eigenvalue weighted by Crippen LogP contribution is -1.99. The topological polar surface area (TPSA) is 26.3 Å². The van der Waals surface area contributed by atoms with Crippen LogP contribution in [0.4, 0.5) is 0 Å². The van der Waals surface area contributed by atoms with Crippen LogP contribution in [0.1, 0.15) is 22.8 Å². The van der Waals surface area contributed by atoms with Gasteiger partial charge in [-0.25, -0.2) is 0 Å². The Bertz CT molecular complexity index is 605. The zero-order chi connectivity index (χ0) is 13.8. The number of Topliss-reactive ketones (excluding diaryl/α,β-unsaturated/α-hetero) is 1. The molecule has 2 aromatic rings. The van der Waals surface area contributed by atoms with Crippen LogP contribution in [0.25, 0.3) is 0 Å². The summed E-state index contributed by atoms with van der Waals surface area (Å²) in [5.74, 6) is 0.651. The number of methoxy groups -OCH3 is 1. The van der Waals surface area contributed by atoms with Crippen LogP contribution in [0.15, 0.2) is 52.3 Å². The molecule has 3 heteroatoms. The highest BCUT2D eigenvalue weighted by atomic mass is 32.2. The molecule has 0 unspecified atom stereocenters. The summed E-state index contributed by atoms with van der Waals surface area (Å²) in [6.45, 7) is 3.62. The lowest BCUT2D eigenvalue weighted by molar-refractivity contribution is 0.101. The van der Waals surface area contributed by atoms with Gasteiger partial charge in [0.25, 0.3) is 0 Å². The Hall–Kier alpha value is -1.74. The smallest absolute Gasteiger partial charge is 0.164 e. The molecular weight excluding hydrogens is 256 g/mol. The molecule has 0 aliphatic carbocycles. The zero-order valence-corrected chi connectivity index (χ0v) is 12.1. The number of ether oxygens (including phenoxy) is 1. The highest BCUT2D eigenvalue weighted by Crippen LogP contribution is 2.35. The highest BCUT2D eigenvalue weighted by Gasteiger charge is 2.14. The van der Waals surface area contributed by atoms with Crippen LogP contribution in [-0.2, 0) is 0 Å². The molecule has 0 fully saturated rings. The fourth-order valence-corrected chi connectivity index (χ4v) is 3.06. The molecule has 0 amide bonds. The van der Waals surface area contributed by atoms with Crippen LogP contribution in [-0.4, -0.2) is 12.9 Å². The van der Waals surface area contributed by atoms with E-state index in [1.165, 1.54) is 5.56 Å². The van der Waals surface area contributed by atoms with E-state index < -0.39 is 0 Å². The summed E-state index contributed by atoms with van der Waals surface area (Å²) >= 11 is 1.59. The zero-order valence-electron chi connectivity index (χ0n) is 11.3. The van der Waals surface area contributed by atoms with E-state index in [2.05, 4.69) is 19.1 Å². The first-order valence-electron chi connectivity index (χ1n) is 6.04. The SMILES string of the molecule is COc1cccc(Sc2cccc(C)c2)c1C(C)=O. The Morgan fingerprint density at radius 3 is 2.53 bits per heavy atom. The molecule has 2 rings (SSSR count). The third-order valence-electron chi connectivity index (χ3n) is 2.78. The molecule has 0 bridgehead atoms. The van der Waals surface area contributed by atoms with Crippen molar-refractivity contribution >= 4 is 17.5 Å². The second-order valence-corrected chi connectivity index (χ2v) is 5.42. The van der Waals surface area contributed by atoms with E-state index in [9.17, 15) is 4.79 Å². The van der Waals surface area contributed by atoms with E-state index in [0.29, 0.717) is 11.3 Å². The minimum absolute atomic E-state index is 0.0209. The van der Waals surface area contributed by atoms with Crippen LogP contribution < -0.4 is 4.74 Å². The molecular formula is C16H16O2S. The van der Waals surface area contributed by atoms with Crippen LogP contribution in [0.3, 0.4) is 0 Å². The number of rotatable bonds is 4. The van der Waals surface area contributed by atoms with Gasteiger partial charge in [0.15, 0.2) is 5.78 Å². The Kier molecular flexibility index (Phi) is 4.27. The molecule has 0 atom stereocenters. The van der Waals surface area contributed by atoms with Crippen LogP contribution >= 0.6 is 11.8 Å². The number of carbonyl (C=O) groups excluding carboxylic acids is 1. The number of ketones is 1. The van der Waals surface area contributed by atoms with Gasteiger partial charge >= 0.3 is 0 Å². The standard InChI is InChI=1S/C16H16O2S/c1-11-6-4-7-13(10-11)19-15-9-5-8-14(18-3)16(15)12(2)17/h4-10H,1-3H3. The third-order valence-corrected chi connectivity index (χ3v) is 3.83. The first-order chi connectivity index (χ1) is 9.11. The molecule has 0 radical (unpaired) electrons. The average Bonchev–Trinajstić information content (AvgIpc) is 2.38. The monoisotopic (exact) mass is 272 g/mol. The summed E-state index contributed by atoms with van der Waals surface area (Å²) < 4.78 is 5.27. The largest absolute Gasteiger partial charge is 0.496 e. The second kappa shape index (κ2) is 5.93. The van der Waals surface area contributed by atoms with Gasteiger partial charge in [-0.1, -0.05) is 35.5 Å². The Balaban J connectivity index is 2.42. The van der Waals surface area contributed by atoms with Gasteiger partial charge in [0.2, 0.25) is 0 Å². The first kappa shape index (κ1) is 13.7. The van der Waals surface area contributed by atoms with Gasteiger partial charge in [-0.15, -0.1) is 0 Å². The summed E-state index contributed by atoms with van der Waals surface area (Å²) in [6, 6.07) is 13.9. The van der Waals surface area contributed by atoms with Crippen molar-refractivity contribution in [1.82, 2.24) is 0 Å². The fourth-order valence-electron chi connectivity index (χ4n) is 1.92. The first-order valence-corrected chi connectivity index (χ1v) is 6.86. The molecule has 2 nitrogen and oxygen atoms in total. The summed E-state index contributed by atoms with van der Waals surface area (Å²) in [6.07, 6.45) is 0. The molecule has 0 spiro atoms. The Morgan fingerprint density at radius 2 is 1.89 bits per heavy atom. The molecule has 0 heterocycles. The lowest BCUT2D eigenvalue weighted by atomic mass is 10.1. The summed E-state index contributed by atoms with van der Waals surface area (Å²) in [4.78, 5) is 13.9. The van der Waals surface area contributed by atoms with Crippen LogP contribution in [0.5, 0.6) is 5.75 Å². The summed E-state index contributed by atoms with van der Waals surface area (Å²) in [5, 5.41) is 0. The predicted octanol–water partition coefficient (Wildman–Crippen LogP) is 4.36. The highest BCUT2D eigenvalue weighted by molar-refractivity contribution is 7.99. The lowest BCUT2D eigenvalue weighted by Gasteiger charge is -2.11. The molecule has 0 N–H and O–H groups in total. The maximum atomic E-state index is 11.8. The van der Waals surface area contributed by atoms with E-state index in [0.717, 1.165) is 9.79 Å². The summed E-state index contributed by atoms with van der Waals surface area (Å²) in [5.41, 5.74) is 1.86. The molecule has 0 aliphatic rings. The molecule has 0 aromatic heterocycles. The summed E-state index contributed by atoms with van der Waals surface area (Å²) in [7, 11) is 1.59. The fraction of sp³-hybridized carbons (Fsp3) is 0.188. The van der Waals surface area contributed by atoms with E-state index in [4.69, 9.17) is 4.74 Å². The van der Waals surface area contributed by atoms with Crippen molar-refractivity contribution in [3.05, 3.63) is 53.6 Å². The van der Waals surface area contributed by atoms with Crippen molar-refractivity contribution in [2.75, 3.05) is 7.11 Å². The van der Waals surface area contributed by atoms with Gasteiger partial charge in [-0.3, -0.25) is 4.79 Å². The van der Waals surface area contributed by atoms with Crippen molar-refractivity contribution in [3.63, 3.8) is 0 Å². The molecule has 0 aliphatic heterocycles. The maximum absolute atomic E-state index is 11.8. The van der Waals surface area contributed by atoms with Crippen molar-refractivity contribution in [1.29, 1.82) is 0 Å². The van der Waals surface area contributed by atoms with Gasteiger partial charge in [0.05, 0.1) is 12.7 Å². The van der Waals surface area contributed by atoms with Gasteiger partial charge in [-0.05, 0) is 38.1 Å². The number of hydrogen-bond acceptors (Lipinski definition) is 3. The van der Waals surface area contributed by atoms with Gasteiger partial charge in [0, 0.05) is 9.79 Å². The van der Waals surface area contributed by atoms with Crippen molar-refractivity contribution in [3.8, 4) is 5.75 Å². The minimum atomic E-state index is 0.0209. The molecule has 98 valence electrons. The number of carbonyl (C=O) groups is 1. The Morgan fingerprint density at radius 1 is 1.16 bits per heavy atom. The maximum Gasteiger partial charge on any atom is 0.164 e. The normalized spacial score (nSPS) is 10.3. The van der Waals surface area contributed by atoms with Crippen molar-refractivity contribution < 1.29 is 9.53 Å². The average molecular weight is 272 g/mol. The quantitative estimate of drug-likeness (QED) is 0.774. The van der Waals surface area contributed by atoms with E-state index in [-0.39, 0.29) is 5.78 Å². The minimum Gasteiger partial charge on any atom is -0.496 e. The number of aryl methyl sites for hydroxylation is 1. The second-order valence-electron chi connectivity index (χ2n) is 4.31. The van der Waals surface area contributed by atoms with Crippen molar-refractivity contribution in [2.45, 2.75) is 23.6 Å². The molecule has 2 aromatic carbocycles. The third kappa shape index (κ3) is 3.18. The Labute approximate surface area is 117 Å².